The number of pyridine rings is 1. The number of nitrogens with zero attached hydrogens (tertiary/aromatic N) is 2. The monoisotopic (exact) mass is 426 g/mol. The average Bonchev–Trinajstić information content (AvgIpc) is 2.75. The quantitative estimate of drug-likeness (QED) is 0.633. The molecule has 0 unspecified atom stereocenters. The number of halogens is 2. The zero-order valence-corrected chi connectivity index (χ0v) is 17.2. The Bertz CT molecular complexity index is 1020. The first kappa shape index (κ1) is 19.7. The molecule has 1 saturated heterocycles. The van der Waals surface area contributed by atoms with Crippen molar-refractivity contribution in [3.8, 4) is 11.3 Å². The number of anilines is 2. The highest BCUT2D eigenvalue weighted by molar-refractivity contribution is 6.33. The highest BCUT2D eigenvalue weighted by atomic mass is 35.5. The molecule has 4 rings (SSSR count). The molecule has 1 amide bonds. The first-order chi connectivity index (χ1) is 14.1. The minimum absolute atomic E-state index is 0.199. The van der Waals surface area contributed by atoms with Crippen molar-refractivity contribution in [1.29, 1.82) is 0 Å². The van der Waals surface area contributed by atoms with Crippen LogP contribution in [0.5, 0.6) is 0 Å². The maximum atomic E-state index is 12.6. The van der Waals surface area contributed by atoms with Crippen LogP contribution in [-0.4, -0.2) is 37.1 Å². The van der Waals surface area contributed by atoms with Gasteiger partial charge < -0.3 is 15.5 Å². The van der Waals surface area contributed by atoms with Gasteiger partial charge >= 0.3 is 0 Å². The van der Waals surface area contributed by atoms with Crippen LogP contribution in [0.25, 0.3) is 11.3 Å². The summed E-state index contributed by atoms with van der Waals surface area (Å²) in [5, 5.41) is 7.43. The molecule has 148 valence electrons. The number of rotatable bonds is 4. The molecule has 1 fully saturated rings. The van der Waals surface area contributed by atoms with Gasteiger partial charge in [-0.2, -0.15) is 0 Å². The third-order valence-electron chi connectivity index (χ3n) is 4.84. The summed E-state index contributed by atoms with van der Waals surface area (Å²) in [7, 11) is 0. The standard InChI is InChI=1S/C22H20Cl2N4O/c23-18-2-1-9-26-21(18)15-3-5-16(6-4-15)22(29)27-17-7-8-20(19(24)14-17)28-12-10-25-11-13-28/h1-9,14,25H,10-13H2,(H,27,29). The van der Waals surface area contributed by atoms with Crippen LogP contribution in [0.4, 0.5) is 11.4 Å². The van der Waals surface area contributed by atoms with Gasteiger partial charge in [-0.3, -0.25) is 9.78 Å². The molecule has 5 nitrogen and oxygen atoms in total. The molecule has 0 bridgehead atoms. The normalized spacial score (nSPS) is 13.9. The lowest BCUT2D eigenvalue weighted by Crippen LogP contribution is -2.43. The first-order valence-electron chi connectivity index (χ1n) is 9.39. The van der Waals surface area contributed by atoms with Gasteiger partial charge in [-0.1, -0.05) is 35.3 Å². The van der Waals surface area contributed by atoms with Crippen LogP contribution in [-0.2, 0) is 0 Å². The second-order valence-electron chi connectivity index (χ2n) is 6.77. The highest BCUT2D eigenvalue weighted by Gasteiger charge is 2.15. The smallest absolute Gasteiger partial charge is 0.255 e. The van der Waals surface area contributed by atoms with Gasteiger partial charge in [-0.05, 0) is 42.5 Å². The number of amides is 1. The van der Waals surface area contributed by atoms with Gasteiger partial charge in [0.2, 0.25) is 0 Å². The number of carbonyl (C=O) groups is 1. The Morgan fingerprint density at radius 1 is 1.00 bits per heavy atom. The van der Waals surface area contributed by atoms with E-state index < -0.39 is 0 Å². The maximum absolute atomic E-state index is 12.6. The van der Waals surface area contributed by atoms with Gasteiger partial charge in [0.05, 0.1) is 21.4 Å². The van der Waals surface area contributed by atoms with Crippen molar-refractivity contribution >= 4 is 40.5 Å². The van der Waals surface area contributed by atoms with Crippen molar-refractivity contribution in [2.24, 2.45) is 0 Å². The van der Waals surface area contributed by atoms with Crippen molar-refractivity contribution in [2.45, 2.75) is 0 Å². The summed E-state index contributed by atoms with van der Waals surface area (Å²) in [6.07, 6.45) is 1.69. The molecule has 0 saturated carbocycles. The summed E-state index contributed by atoms with van der Waals surface area (Å²) in [5.41, 5.74) is 3.74. The lowest BCUT2D eigenvalue weighted by Gasteiger charge is -2.30. The van der Waals surface area contributed by atoms with E-state index in [1.165, 1.54) is 0 Å². The van der Waals surface area contributed by atoms with Crippen molar-refractivity contribution in [1.82, 2.24) is 10.3 Å². The Morgan fingerprint density at radius 2 is 1.76 bits per heavy atom. The molecule has 1 aromatic heterocycles. The second kappa shape index (κ2) is 8.82. The number of nitrogens with one attached hydrogen (secondary N) is 2. The number of carbonyl (C=O) groups excluding carboxylic acids is 1. The fraction of sp³-hybridized carbons (Fsp3) is 0.182. The zero-order valence-electron chi connectivity index (χ0n) is 15.7. The molecular weight excluding hydrogens is 407 g/mol. The number of aromatic nitrogens is 1. The van der Waals surface area contributed by atoms with E-state index in [4.69, 9.17) is 23.2 Å². The largest absolute Gasteiger partial charge is 0.368 e. The molecular formula is C22H20Cl2N4O. The molecule has 0 aliphatic carbocycles. The van der Waals surface area contributed by atoms with Gasteiger partial charge in [0.15, 0.2) is 0 Å². The molecule has 29 heavy (non-hydrogen) atoms. The van der Waals surface area contributed by atoms with Crippen molar-refractivity contribution in [3.63, 3.8) is 0 Å². The van der Waals surface area contributed by atoms with Crippen LogP contribution in [0.2, 0.25) is 10.0 Å². The highest BCUT2D eigenvalue weighted by Crippen LogP contribution is 2.30. The average molecular weight is 427 g/mol. The molecule has 2 heterocycles. The third-order valence-corrected chi connectivity index (χ3v) is 5.45. The Hall–Kier alpha value is -2.60. The predicted octanol–water partition coefficient (Wildman–Crippen LogP) is 4.72. The van der Waals surface area contributed by atoms with Crippen LogP contribution in [0, 0.1) is 0 Å². The molecule has 3 aromatic rings. The zero-order chi connectivity index (χ0) is 20.2. The van der Waals surface area contributed by atoms with Crippen LogP contribution in [0.3, 0.4) is 0 Å². The van der Waals surface area contributed by atoms with Crippen LogP contribution in [0.1, 0.15) is 10.4 Å². The SMILES string of the molecule is O=C(Nc1ccc(N2CCNCC2)c(Cl)c1)c1ccc(-c2ncccc2Cl)cc1. The van der Waals surface area contributed by atoms with Crippen LogP contribution in [0.15, 0.2) is 60.8 Å². The second-order valence-corrected chi connectivity index (χ2v) is 7.58. The van der Waals surface area contributed by atoms with Gasteiger partial charge in [-0.15, -0.1) is 0 Å². The van der Waals surface area contributed by atoms with Crippen LogP contribution < -0.4 is 15.5 Å². The number of benzene rings is 2. The molecule has 0 spiro atoms. The number of hydrogen-bond donors (Lipinski definition) is 2. The van der Waals surface area contributed by atoms with Crippen molar-refractivity contribution < 1.29 is 4.79 Å². The summed E-state index contributed by atoms with van der Waals surface area (Å²) >= 11 is 12.7. The molecule has 1 aliphatic heterocycles. The van der Waals surface area contributed by atoms with Crippen molar-refractivity contribution in [2.75, 3.05) is 36.4 Å². The van der Waals surface area contributed by atoms with Gasteiger partial charge in [0.1, 0.15) is 0 Å². The van der Waals surface area contributed by atoms with Crippen LogP contribution >= 0.6 is 23.2 Å². The van der Waals surface area contributed by atoms with E-state index in [0.29, 0.717) is 27.0 Å². The Balaban J connectivity index is 1.46. The summed E-state index contributed by atoms with van der Waals surface area (Å²) < 4.78 is 0. The molecule has 2 aromatic carbocycles. The maximum Gasteiger partial charge on any atom is 0.255 e. The fourth-order valence-electron chi connectivity index (χ4n) is 3.33. The molecule has 2 N–H and O–H groups in total. The van der Waals surface area contributed by atoms with Gasteiger partial charge in [-0.25, -0.2) is 0 Å². The van der Waals surface area contributed by atoms with E-state index >= 15 is 0 Å². The third kappa shape index (κ3) is 4.53. The predicted molar refractivity (Wildman–Crippen MR) is 119 cm³/mol. The van der Waals surface area contributed by atoms with Crippen molar-refractivity contribution in [3.05, 3.63) is 76.4 Å². The van der Waals surface area contributed by atoms with E-state index in [2.05, 4.69) is 20.5 Å². The number of hydrogen-bond acceptors (Lipinski definition) is 4. The molecule has 7 heteroatoms. The Morgan fingerprint density at radius 3 is 2.45 bits per heavy atom. The Labute approximate surface area is 179 Å². The van der Waals surface area contributed by atoms with E-state index in [1.54, 1.807) is 36.5 Å². The Kier molecular flexibility index (Phi) is 6.00. The van der Waals surface area contributed by atoms with E-state index in [-0.39, 0.29) is 5.91 Å². The lowest BCUT2D eigenvalue weighted by molar-refractivity contribution is 0.102. The van der Waals surface area contributed by atoms with E-state index in [1.807, 2.05) is 24.3 Å². The van der Waals surface area contributed by atoms with Gasteiger partial charge in [0, 0.05) is 49.2 Å². The van der Waals surface area contributed by atoms with E-state index in [9.17, 15) is 4.79 Å². The summed E-state index contributed by atoms with van der Waals surface area (Å²) in [4.78, 5) is 19.1. The minimum Gasteiger partial charge on any atom is -0.368 e. The molecule has 0 radical (unpaired) electrons. The fourth-order valence-corrected chi connectivity index (χ4v) is 3.86. The topological polar surface area (TPSA) is 57.3 Å². The number of piperazine rings is 1. The lowest BCUT2D eigenvalue weighted by atomic mass is 10.1. The van der Waals surface area contributed by atoms with Gasteiger partial charge in [0.25, 0.3) is 5.91 Å². The summed E-state index contributed by atoms with van der Waals surface area (Å²) in [5.74, 6) is -0.199. The summed E-state index contributed by atoms with van der Waals surface area (Å²) in [6.45, 7) is 3.71. The van der Waals surface area contributed by atoms with E-state index in [0.717, 1.165) is 37.4 Å². The minimum atomic E-state index is -0.199. The first-order valence-corrected chi connectivity index (χ1v) is 10.1. The summed E-state index contributed by atoms with van der Waals surface area (Å²) in [6, 6.07) is 16.4. The molecule has 1 aliphatic rings. The molecule has 0 atom stereocenters.